The highest BCUT2D eigenvalue weighted by atomic mass is 14.9. The highest BCUT2D eigenvalue weighted by molar-refractivity contribution is 5.16. The lowest BCUT2D eigenvalue weighted by molar-refractivity contribution is 0.583. The summed E-state index contributed by atoms with van der Waals surface area (Å²) in [7, 11) is 0. The van der Waals surface area contributed by atoms with Crippen LogP contribution in [0.3, 0.4) is 0 Å². The van der Waals surface area contributed by atoms with Gasteiger partial charge in [0.05, 0.1) is 0 Å². The molecule has 0 saturated carbocycles. The van der Waals surface area contributed by atoms with Crippen molar-refractivity contribution in [2.45, 2.75) is 26.7 Å². The lowest BCUT2D eigenvalue weighted by Crippen LogP contribution is -2.20. The third-order valence-corrected chi connectivity index (χ3v) is 2.46. The molecule has 1 aromatic rings. The van der Waals surface area contributed by atoms with Crippen LogP contribution in [0, 0.1) is 5.92 Å². The molecule has 0 radical (unpaired) electrons. The van der Waals surface area contributed by atoms with Crippen LogP contribution in [0.25, 0.3) is 0 Å². The molecule has 0 aromatic heterocycles. The summed E-state index contributed by atoms with van der Waals surface area (Å²) >= 11 is 0. The molecule has 0 aliphatic carbocycles. The van der Waals surface area contributed by atoms with E-state index in [9.17, 15) is 0 Å². The number of aryl methyl sites for hydroxylation is 1. The number of rotatable bonds is 6. The summed E-state index contributed by atoms with van der Waals surface area (Å²) in [4.78, 5) is 0. The second-order valence-corrected chi connectivity index (χ2v) is 4.45. The van der Waals surface area contributed by atoms with Crippen molar-refractivity contribution in [2.75, 3.05) is 6.54 Å². The first kappa shape index (κ1) is 12.6. The number of benzene rings is 1. The molecule has 1 rings (SSSR count). The van der Waals surface area contributed by atoms with Gasteiger partial charge in [0, 0.05) is 18.4 Å². The maximum absolute atomic E-state index is 5.60. The fourth-order valence-electron chi connectivity index (χ4n) is 1.49. The molecule has 3 N–H and O–H groups in total. The lowest BCUT2D eigenvalue weighted by Gasteiger charge is -2.12. The Bertz CT molecular complexity index is 315. The molecule has 2 heteroatoms. The predicted molar refractivity (Wildman–Crippen MR) is 69.9 cm³/mol. The first-order chi connectivity index (χ1) is 7.72. The molecule has 0 heterocycles. The Balaban J connectivity index is 2.35. The van der Waals surface area contributed by atoms with Crippen LogP contribution in [-0.2, 0) is 6.42 Å². The number of hydrogen-bond acceptors (Lipinski definition) is 2. The average molecular weight is 218 g/mol. The minimum absolute atomic E-state index is 0.645. The van der Waals surface area contributed by atoms with Gasteiger partial charge in [-0.3, -0.25) is 0 Å². The first-order valence-corrected chi connectivity index (χ1v) is 5.91. The van der Waals surface area contributed by atoms with Crippen LogP contribution in [0.2, 0.25) is 0 Å². The van der Waals surface area contributed by atoms with Gasteiger partial charge in [0.1, 0.15) is 0 Å². The second-order valence-electron chi connectivity index (χ2n) is 4.45. The lowest BCUT2D eigenvalue weighted by atomic mass is 10.1. The van der Waals surface area contributed by atoms with Gasteiger partial charge in [-0.15, -0.1) is 0 Å². The Kier molecular flexibility index (Phi) is 5.48. The van der Waals surface area contributed by atoms with Crippen LogP contribution in [0.15, 0.2) is 42.2 Å². The van der Waals surface area contributed by atoms with Gasteiger partial charge in [0.25, 0.3) is 0 Å². The Morgan fingerprint density at radius 1 is 1.31 bits per heavy atom. The normalized spacial score (nSPS) is 11.8. The van der Waals surface area contributed by atoms with Crippen molar-refractivity contribution in [1.82, 2.24) is 5.32 Å². The van der Waals surface area contributed by atoms with E-state index in [-0.39, 0.29) is 0 Å². The van der Waals surface area contributed by atoms with Crippen molar-refractivity contribution in [3.05, 3.63) is 47.8 Å². The van der Waals surface area contributed by atoms with E-state index >= 15 is 0 Å². The van der Waals surface area contributed by atoms with Gasteiger partial charge in [0.2, 0.25) is 0 Å². The summed E-state index contributed by atoms with van der Waals surface area (Å²) in [5.74, 6) is 0.645. The van der Waals surface area contributed by atoms with E-state index in [1.807, 2.05) is 6.07 Å². The second kappa shape index (κ2) is 6.94. The average Bonchev–Trinajstić information content (AvgIpc) is 2.30. The molecule has 0 unspecified atom stereocenters. The summed E-state index contributed by atoms with van der Waals surface area (Å²) in [5, 5.41) is 3.38. The molecule has 0 spiro atoms. The van der Waals surface area contributed by atoms with Gasteiger partial charge in [-0.1, -0.05) is 44.2 Å². The summed E-state index contributed by atoms with van der Waals surface area (Å²) in [6, 6.07) is 10.5. The molecule has 0 bridgehead atoms. The predicted octanol–water partition coefficient (Wildman–Crippen LogP) is 2.66. The van der Waals surface area contributed by atoms with E-state index in [1.165, 1.54) is 5.56 Å². The third-order valence-electron chi connectivity index (χ3n) is 2.46. The Morgan fingerprint density at radius 2 is 2.00 bits per heavy atom. The van der Waals surface area contributed by atoms with Crippen LogP contribution < -0.4 is 11.1 Å². The minimum Gasteiger partial charge on any atom is -0.403 e. The molecule has 1 aromatic carbocycles. The molecule has 0 aliphatic rings. The molecule has 16 heavy (non-hydrogen) atoms. The number of nitrogens with one attached hydrogen (secondary N) is 1. The number of nitrogens with two attached hydrogens (primary N) is 1. The maximum Gasteiger partial charge on any atom is 0.0267 e. The van der Waals surface area contributed by atoms with Crippen molar-refractivity contribution in [1.29, 1.82) is 0 Å². The number of allylic oxidation sites excluding steroid dienone is 1. The van der Waals surface area contributed by atoms with E-state index in [2.05, 4.69) is 43.4 Å². The van der Waals surface area contributed by atoms with Gasteiger partial charge in [-0.05, 0) is 24.3 Å². The molecule has 0 aliphatic heterocycles. The van der Waals surface area contributed by atoms with Crippen LogP contribution in [-0.4, -0.2) is 6.54 Å². The Morgan fingerprint density at radius 3 is 2.56 bits per heavy atom. The van der Waals surface area contributed by atoms with E-state index in [0.29, 0.717) is 5.92 Å². The van der Waals surface area contributed by atoms with Crippen LogP contribution in [0.1, 0.15) is 25.8 Å². The molecule has 2 nitrogen and oxygen atoms in total. The zero-order chi connectivity index (χ0) is 11.8. The van der Waals surface area contributed by atoms with Crippen molar-refractivity contribution in [3.63, 3.8) is 0 Å². The zero-order valence-electron chi connectivity index (χ0n) is 10.2. The van der Waals surface area contributed by atoms with E-state index in [4.69, 9.17) is 5.73 Å². The SMILES string of the molecule is CC(C)CN/C(=C\N)CCc1ccccc1. The van der Waals surface area contributed by atoms with E-state index in [1.54, 1.807) is 6.20 Å². The van der Waals surface area contributed by atoms with Crippen molar-refractivity contribution in [2.24, 2.45) is 11.7 Å². The third kappa shape index (κ3) is 4.87. The van der Waals surface area contributed by atoms with Gasteiger partial charge in [-0.2, -0.15) is 0 Å². The Labute approximate surface area is 98.6 Å². The Hall–Kier alpha value is -1.44. The number of hydrogen-bond donors (Lipinski definition) is 2. The van der Waals surface area contributed by atoms with Crippen LogP contribution in [0.4, 0.5) is 0 Å². The fraction of sp³-hybridized carbons (Fsp3) is 0.429. The maximum atomic E-state index is 5.60. The fourth-order valence-corrected chi connectivity index (χ4v) is 1.49. The largest absolute Gasteiger partial charge is 0.403 e. The summed E-state index contributed by atoms with van der Waals surface area (Å²) in [6.07, 6.45) is 3.70. The highest BCUT2D eigenvalue weighted by Crippen LogP contribution is 2.06. The molecule has 0 amide bonds. The molecule has 88 valence electrons. The zero-order valence-corrected chi connectivity index (χ0v) is 10.2. The molecule has 0 fully saturated rings. The molecular weight excluding hydrogens is 196 g/mol. The van der Waals surface area contributed by atoms with Gasteiger partial charge < -0.3 is 11.1 Å². The van der Waals surface area contributed by atoms with E-state index < -0.39 is 0 Å². The van der Waals surface area contributed by atoms with Gasteiger partial charge >= 0.3 is 0 Å². The molecular formula is C14H22N2. The quantitative estimate of drug-likeness (QED) is 0.770. The minimum atomic E-state index is 0.645. The molecule has 0 atom stereocenters. The van der Waals surface area contributed by atoms with Gasteiger partial charge in [0.15, 0.2) is 0 Å². The van der Waals surface area contributed by atoms with E-state index in [0.717, 1.165) is 25.1 Å². The first-order valence-electron chi connectivity index (χ1n) is 5.91. The van der Waals surface area contributed by atoms with Crippen molar-refractivity contribution >= 4 is 0 Å². The topological polar surface area (TPSA) is 38.0 Å². The van der Waals surface area contributed by atoms with Crippen LogP contribution in [0.5, 0.6) is 0 Å². The monoisotopic (exact) mass is 218 g/mol. The standard InChI is InChI=1S/C14H22N2/c1-12(2)11-16-14(10-15)9-8-13-6-4-3-5-7-13/h3-7,10,12,16H,8-9,11,15H2,1-2H3/b14-10-. The van der Waals surface area contributed by atoms with Crippen LogP contribution >= 0.6 is 0 Å². The van der Waals surface area contributed by atoms with Crippen molar-refractivity contribution in [3.8, 4) is 0 Å². The van der Waals surface area contributed by atoms with Gasteiger partial charge in [-0.25, -0.2) is 0 Å². The molecule has 0 saturated heterocycles. The van der Waals surface area contributed by atoms with Crippen molar-refractivity contribution < 1.29 is 0 Å². The summed E-state index contributed by atoms with van der Waals surface area (Å²) < 4.78 is 0. The highest BCUT2D eigenvalue weighted by Gasteiger charge is 1.99. The summed E-state index contributed by atoms with van der Waals surface area (Å²) in [5.41, 5.74) is 8.09. The summed E-state index contributed by atoms with van der Waals surface area (Å²) in [6.45, 7) is 5.37. The smallest absolute Gasteiger partial charge is 0.0267 e.